The number of hydrogen-bond donors (Lipinski definition) is 1. The van der Waals surface area contributed by atoms with Crippen LogP contribution >= 0.6 is 11.8 Å². The van der Waals surface area contributed by atoms with Gasteiger partial charge in [0.25, 0.3) is 5.56 Å². The summed E-state index contributed by atoms with van der Waals surface area (Å²) >= 11 is 1.62. The molecule has 0 saturated heterocycles. The van der Waals surface area contributed by atoms with E-state index in [2.05, 4.69) is 12.2 Å². The molecule has 3 atom stereocenters. The topological polar surface area (TPSA) is 64.0 Å². The van der Waals surface area contributed by atoms with Crippen molar-refractivity contribution in [3.05, 3.63) is 21.6 Å². The van der Waals surface area contributed by atoms with Crippen molar-refractivity contribution in [2.45, 2.75) is 82.0 Å². The SMILES string of the molecule is CC1CCCCC1NC(=O)CC1CSc2nc3c(c(=O)n21)CCCC3. The van der Waals surface area contributed by atoms with Gasteiger partial charge in [-0.05, 0) is 44.4 Å². The van der Waals surface area contributed by atoms with Crippen LogP contribution in [0.5, 0.6) is 0 Å². The second-order valence-corrected chi connectivity index (χ2v) is 8.79. The van der Waals surface area contributed by atoms with Crippen LogP contribution in [0, 0.1) is 5.92 Å². The summed E-state index contributed by atoms with van der Waals surface area (Å²) in [5, 5.41) is 4.04. The number of aryl methyl sites for hydroxylation is 1. The highest BCUT2D eigenvalue weighted by Crippen LogP contribution is 2.34. The lowest BCUT2D eigenvalue weighted by molar-refractivity contribution is -0.123. The average molecular weight is 362 g/mol. The highest BCUT2D eigenvalue weighted by Gasteiger charge is 2.31. The fourth-order valence-corrected chi connectivity index (χ4v) is 5.63. The van der Waals surface area contributed by atoms with Crippen LogP contribution in [0.4, 0.5) is 0 Å². The van der Waals surface area contributed by atoms with E-state index in [0.717, 1.165) is 54.3 Å². The smallest absolute Gasteiger partial charge is 0.257 e. The second kappa shape index (κ2) is 7.14. The van der Waals surface area contributed by atoms with Gasteiger partial charge in [0, 0.05) is 23.8 Å². The normalized spacial score (nSPS) is 28.3. The second-order valence-electron chi connectivity index (χ2n) is 7.81. The lowest BCUT2D eigenvalue weighted by Gasteiger charge is -2.30. The Balaban J connectivity index is 1.49. The van der Waals surface area contributed by atoms with Crippen molar-refractivity contribution in [2.75, 3.05) is 5.75 Å². The van der Waals surface area contributed by atoms with E-state index in [9.17, 15) is 9.59 Å². The number of fused-ring (bicyclic) bond motifs is 2. The maximum Gasteiger partial charge on any atom is 0.257 e. The van der Waals surface area contributed by atoms with Crippen LogP contribution < -0.4 is 10.9 Å². The number of thioether (sulfide) groups is 1. The first kappa shape index (κ1) is 17.1. The molecular weight excluding hydrogens is 334 g/mol. The highest BCUT2D eigenvalue weighted by atomic mass is 32.2. The molecule has 6 heteroatoms. The zero-order valence-electron chi connectivity index (χ0n) is 14.9. The monoisotopic (exact) mass is 361 g/mol. The lowest BCUT2D eigenvalue weighted by Crippen LogP contribution is -2.42. The van der Waals surface area contributed by atoms with Gasteiger partial charge in [-0.3, -0.25) is 14.2 Å². The molecule has 1 amide bonds. The van der Waals surface area contributed by atoms with Crippen molar-refractivity contribution >= 4 is 17.7 Å². The van der Waals surface area contributed by atoms with Crippen molar-refractivity contribution in [1.82, 2.24) is 14.9 Å². The maximum atomic E-state index is 12.9. The first-order valence-corrected chi connectivity index (χ1v) is 10.7. The summed E-state index contributed by atoms with van der Waals surface area (Å²) in [6.45, 7) is 2.23. The van der Waals surface area contributed by atoms with Gasteiger partial charge >= 0.3 is 0 Å². The Morgan fingerprint density at radius 2 is 2.04 bits per heavy atom. The van der Waals surface area contributed by atoms with Crippen LogP contribution in [0.15, 0.2) is 9.95 Å². The first-order chi connectivity index (χ1) is 12.1. The molecule has 1 aliphatic heterocycles. The van der Waals surface area contributed by atoms with Crippen LogP contribution in [0.2, 0.25) is 0 Å². The fourth-order valence-electron chi connectivity index (χ4n) is 4.47. The average Bonchev–Trinajstić information content (AvgIpc) is 3.00. The molecule has 0 bridgehead atoms. The molecule has 1 N–H and O–H groups in total. The van der Waals surface area contributed by atoms with Crippen LogP contribution in [0.25, 0.3) is 0 Å². The van der Waals surface area contributed by atoms with E-state index in [-0.39, 0.29) is 17.5 Å². The number of nitrogens with zero attached hydrogens (tertiary/aromatic N) is 2. The van der Waals surface area contributed by atoms with E-state index in [0.29, 0.717) is 18.4 Å². The standard InChI is InChI=1S/C19H27N3O2S/c1-12-6-2-4-8-15(12)20-17(23)10-13-11-25-19-21-16-9-5-3-7-14(16)18(24)22(13)19/h12-13,15H,2-11H2,1H3,(H,20,23). The molecule has 1 aromatic heterocycles. The van der Waals surface area contributed by atoms with Gasteiger partial charge in [-0.1, -0.05) is 31.5 Å². The van der Waals surface area contributed by atoms with E-state index in [1.54, 1.807) is 16.3 Å². The van der Waals surface area contributed by atoms with Gasteiger partial charge in [0.15, 0.2) is 5.16 Å². The quantitative estimate of drug-likeness (QED) is 0.841. The maximum absolute atomic E-state index is 12.9. The Morgan fingerprint density at radius 3 is 2.88 bits per heavy atom. The third-order valence-electron chi connectivity index (χ3n) is 6.00. The Kier molecular flexibility index (Phi) is 4.89. The molecule has 0 spiro atoms. The van der Waals surface area contributed by atoms with Gasteiger partial charge in [-0.2, -0.15) is 0 Å². The zero-order valence-corrected chi connectivity index (χ0v) is 15.7. The van der Waals surface area contributed by atoms with Gasteiger partial charge in [0.1, 0.15) is 0 Å². The number of amides is 1. The van der Waals surface area contributed by atoms with E-state index in [4.69, 9.17) is 4.98 Å². The minimum Gasteiger partial charge on any atom is -0.353 e. The molecule has 136 valence electrons. The number of hydrogen-bond acceptors (Lipinski definition) is 4. The Bertz CT molecular complexity index is 730. The number of carbonyl (C=O) groups excluding carboxylic acids is 1. The van der Waals surface area contributed by atoms with E-state index < -0.39 is 0 Å². The van der Waals surface area contributed by atoms with Gasteiger partial charge in [-0.25, -0.2) is 4.98 Å². The summed E-state index contributed by atoms with van der Waals surface area (Å²) in [5.41, 5.74) is 1.99. The summed E-state index contributed by atoms with van der Waals surface area (Å²) < 4.78 is 1.80. The van der Waals surface area contributed by atoms with Gasteiger partial charge in [0.05, 0.1) is 11.7 Å². The third kappa shape index (κ3) is 3.37. The minimum atomic E-state index is -0.0499. The van der Waals surface area contributed by atoms with Crippen molar-refractivity contribution in [2.24, 2.45) is 5.92 Å². The molecule has 5 nitrogen and oxygen atoms in total. The third-order valence-corrected chi connectivity index (χ3v) is 7.10. The number of nitrogens with one attached hydrogen (secondary N) is 1. The summed E-state index contributed by atoms with van der Waals surface area (Å²) in [4.78, 5) is 30.2. The van der Waals surface area contributed by atoms with Crippen LogP contribution in [-0.4, -0.2) is 27.3 Å². The largest absolute Gasteiger partial charge is 0.353 e. The van der Waals surface area contributed by atoms with Crippen molar-refractivity contribution in [3.63, 3.8) is 0 Å². The molecule has 0 radical (unpaired) electrons. The summed E-state index contributed by atoms with van der Waals surface area (Å²) in [6, 6.07) is 0.249. The van der Waals surface area contributed by atoms with Crippen molar-refractivity contribution in [3.8, 4) is 0 Å². The summed E-state index contributed by atoms with van der Waals surface area (Å²) in [7, 11) is 0. The first-order valence-electron chi connectivity index (χ1n) is 9.70. The molecule has 2 heterocycles. The fraction of sp³-hybridized carbons (Fsp3) is 0.737. The lowest BCUT2D eigenvalue weighted by atomic mass is 9.86. The number of rotatable bonds is 3. The Labute approximate surface area is 153 Å². The molecule has 3 unspecified atom stereocenters. The number of carbonyl (C=O) groups is 1. The molecule has 0 aromatic carbocycles. The minimum absolute atomic E-state index is 0.0499. The van der Waals surface area contributed by atoms with Crippen molar-refractivity contribution < 1.29 is 4.79 Å². The molecule has 1 fully saturated rings. The number of aromatic nitrogens is 2. The van der Waals surface area contributed by atoms with Crippen LogP contribution in [0.3, 0.4) is 0 Å². The molecule has 1 saturated carbocycles. The molecular formula is C19H27N3O2S. The molecule has 3 aliphatic rings. The molecule has 1 aromatic rings. The van der Waals surface area contributed by atoms with Crippen LogP contribution in [0.1, 0.15) is 69.2 Å². The summed E-state index contributed by atoms with van der Waals surface area (Å²) in [6.07, 6.45) is 9.10. The van der Waals surface area contributed by atoms with E-state index in [1.165, 1.54) is 19.3 Å². The molecule has 25 heavy (non-hydrogen) atoms. The van der Waals surface area contributed by atoms with E-state index >= 15 is 0 Å². The molecule has 4 rings (SSSR count). The van der Waals surface area contributed by atoms with Gasteiger partial charge in [-0.15, -0.1) is 0 Å². The Morgan fingerprint density at radius 1 is 1.24 bits per heavy atom. The highest BCUT2D eigenvalue weighted by molar-refractivity contribution is 7.99. The van der Waals surface area contributed by atoms with Crippen molar-refractivity contribution in [1.29, 1.82) is 0 Å². The van der Waals surface area contributed by atoms with E-state index in [1.807, 2.05) is 0 Å². The van der Waals surface area contributed by atoms with Crippen LogP contribution in [-0.2, 0) is 17.6 Å². The summed E-state index contributed by atoms with van der Waals surface area (Å²) in [5.74, 6) is 1.42. The predicted octanol–water partition coefficient (Wildman–Crippen LogP) is 2.85. The zero-order chi connectivity index (χ0) is 17.4. The predicted molar refractivity (Wildman–Crippen MR) is 99.1 cm³/mol. The van der Waals surface area contributed by atoms with Gasteiger partial charge < -0.3 is 5.32 Å². The molecule has 2 aliphatic carbocycles. The Hall–Kier alpha value is -1.30. The van der Waals surface area contributed by atoms with Gasteiger partial charge in [0.2, 0.25) is 5.91 Å².